The van der Waals surface area contributed by atoms with Crippen molar-refractivity contribution in [2.45, 2.75) is 77.8 Å². The SMILES string of the molecule is CCCCC(O)c1occc1CO[Si](C)(C)C(C)(C)C. The predicted molar refractivity (Wildman–Crippen MR) is 85.2 cm³/mol. The summed E-state index contributed by atoms with van der Waals surface area (Å²) in [6, 6.07) is 1.91. The number of unbranched alkanes of at least 4 members (excludes halogenated alkanes) is 1. The summed E-state index contributed by atoms with van der Waals surface area (Å²) in [6.45, 7) is 13.8. The van der Waals surface area contributed by atoms with Crippen LogP contribution in [0, 0.1) is 0 Å². The molecule has 1 atom stereocenters. The summed E-state index contributed by atoms with van der Waals surface area (Å²) in [5.74, 6) is 0.678. The molecule has 4 heteroatoms. The third kappa shape index (κ3) is 4.47. The van der Waals surface area contributed by atoms with E-state index in [1.807, 2.05) is 6.07 Å². The van der Waals surface area contributed by atoms with Crippen molar-refractivity contribution >= 4 is 8.32 Å². The molecule has 1 rings (SSSR count). The molecule has 0 aliphatic carbocycles. The van der Waals surface area contributed by atoms with Crippen LogP contribution in [0.1, 0.15) is 64.4 Å². The lowest BCUT2D eigenvalue weighted by atomic mass is 10.1. The zero-order valence-electron chi connectivity index (χ0n) is 13.8. The smallest absolute Gasteiger partial charge is 0.192 e. The second-order valence-corrected chi connectivity index (χ2v) is 11.8. The fourth-order valence-electron chi connectivity index (χ4n) is 1.76. The highest BCUT2D eigenvalue weighted by atomic mass is 28.4. The molecule has 0 spiro atoms. The van der Waals surface area contributed by atoms with E-state index >= 15 is 0 Å². The minimum atomic E-state index is -1.77. The minimum Gasteiger partial charge on any atom is -0.466 e. The lowest BCUT2D eigenvalue weighted by Gasteiger charge is -2.36. The highest BCUT2D eigenvalue weighted by Crippen LogP contribution is 2.37. The Morgan fingerprint density at radius 2 is 2.00 bits per heavy atom. The fraction of sp³-hybridized carbons (Fsp3) is 0.750. The number of aliphatic hydroxyl groups is 1. The second-order valence-electron chi connectivity index (χ2n) is 7.02. The molecule has 0 aromatic carbocycles. The van der Waals surface area contributed by atoms with E-state index in [4.69, 9.17) is 8.84 Å². The first-order chi connectivity index (χ1) is 9.19. The average Bonchev–Trinajstić information content (AvgIpc) is 2.80. The molecule has 1 unspecified atom stereocenters. The molecular weight excluding hydrogens is 268 g/mol. The molecule has 1 aromatic heterocycles. The molecule has 1 aromatic rings. The Balaban J connectivity index is 2.68. The topological polar surface area (TPSA) is 42.6 Å². The number of aliphatic hydroxyl groups excluding tert-OH is 1. The van der Waals surface area contributed by atoms with E-state index < -0.39 is 14.4 Å². The van der Waals surface area contributed by atoms with Gasteiger partial charge in [0, 0.05) is 5.56 Å². The second kappa shape index (κ2) is 6.92. The van der Waals surface area contributed by atoms with E-state index in [9.17, 15) is 5.11 Å². The summed E-state index contributed by atoms with van der Waals surface area (Å²) in [6.07, 6.45) is 3.96. The molecule has 1 N–H and O–H groups in total. The third-order valence-electron chi connectivity index (χ3n) is 4.31. The van der Waals surface area contributed by atoms with Crippen LogP contribution in [0.25, 0.3) is 0 Å². The van der Waals surface area contributed by atoms with E-state index in [0.29, 0.717) is 12.4 Å². The lowest BCUT2D eigenvalue weighted by molar-refractivity contribution is 0.133. The van der Waals surface area contributed by atoms with Gasteiger partial charge >= 0.3 is 0 Å². The van der Waals surface area contributed by atoms with Crippen molar-refractivity contribution < 1.29 is 13.9 Å². The van der Waals surface area contributed by atoms with Crippen LogP contribution in [0.2, 0.25) is 18.1 Å². The van der Waals surface area contributed by atoms with Crippen molar-refractivity contribution in [2.24, 2.45) is 0 Å². The van der Waals surface area contributed by atoms with E-state index in [-0.39, 0.29) is 5.04 Å². The van der Waals surface area contributed by atoms with Crippen molar-refractivity contribution in [1.82, 2.24) is 0 Å². The van der Waals surface area contributed by atoms with Crippen LogP contribution in [-0.4, -0.2) is 13.4 Å². The van der Waals surface area contributed by atoms with Crippen LogP contribution in [-0.2, 0) is 11.0 Å². The predicted octanol–water partition coefficient (Wildman–Crippen LogP) is 5.03. The summed E-state index contributed by atoms with van der Waals surface area (Å²) >= 11 is 0. The van der Waals surface area contributed by atoms with Gasteiger partial charge in [-0.25, -0.2) is 0 Å². The fourth-order valence-corrected chi connectivity index (χ4v) is 2.71. The summed E-state index contributed by atoms with van der Waals surface area (Å²) < 4.78 is 11.7. The van der Waals surface area contributed by atoms with Crippen molar-refractivity contribution in [3.8, 4) is 0 Å². The molecule has 0 saturated carbocycles. The first-order valence-corrected chi connectivity index (χ1v) is 10.5. The van der Waals surface area contributed by atoms with Gasteiger partial charge in [0.25, 0.3) is 0 Å². The Kier molecular flexibility index (Phi) is 6.04. The molecule has 0 aliphatic heterocycles. The summed E-state index contributed by atoms with van der Waals surface area (Å²) in [5, 5.41) is 10.4. The summed E-state index contributed by atoms with van der Waals surface area (Å²) in [4.78, 5) is 0. The zero-order valence-corrected chi connectivity index (χ0v) is 14.8. The highest BCUT2D eigenvalue weighted by molar-refractivity contribution is 6.74. The molecule has 0 fully saturated rings. The van der Waals surface area contributed by atoms with Gasteiger partial charge in [0.15, 0.2) is 8.32 Å². The van der Waals surface area contributed by atoms with Crippen LogP contribution in [0.4, 0.5) is 0 Å². The maximum Gasteiger partial charge on any atom is 0.192 e. The van der Waals surface area contributed by atoms with Crippen molar-refractivity contribution in [3.63, 3.8) is 0 Å². The summed E-state index contributed by atoms with van der Waals surface area (Å²) in [5.41, 5.74) is 0.985. The maximum atomic E-state index is 10.2. The van der Waals surface area contributed by atoms with Crippen LogP contribution >= 0.6 is 0 Å². The van der Waals surface area contributed by atoms with Gasteiger partial charge in [0.05, 0.1) is 12.9 Å². The molecular formula is C16H30O3Si. The van der Waals surface area contributed by atoms with Crippen LogP contribution in [0.3, 0.4) is 0 Å². The van der Waals surface area contributed by atoms with E-state index in [0.717, 1.165) is 24.8 Å². The van der Waals surface area contributed by atoms with Gasteiger partial charge in [-0.05, 0) is 30.6 Å². The largest absolute Gasteiger partial charge is 0.466 e. The van der Waals surface area contributed by atoms with Gasteiger partial charge in [-0.3, -0.25) is 0 Å². The van der Waals surface area contributed by atoms with Crippen molar-refractivity contribution in [3.05, 3.63) is 23.7 Å². The molecule has 3 nitrogen and oxygen atoms in total. The monoisotopic (exact) mass is 298 g/mol. The molecule has 0 radical (unpaired) electrons. The zero-order chi connectivity index (χ0) is 15.4. The van der Waals surface area contributed by atoms with Gasteiger partial charge in [-0.15, -0.1) is 0 Å². The first kappa shape index (κ1) is 17.5. The van der Waals surface area contributed by atoms with Gasteiger partial charge in [0.1, 0.15) is 11.9 Å². The van der Waals surface area contributed by atoms with Gasteiger partial charge in [-0.1, -0.05) is 40.5 Å². The highest BCUT2D eigenvalue weighted by Gasteiger charge is 2.37. The van der Waals surface area contributed by atoms with Gasteiger partial charge in [-0.2, -0.15) is 0 Å². The van der Waals surface area contributed by atoms with Gasteiger partial charge < -0.3 is 13.9 Å². The average molecular weight is 298 g/mol. The van der Waals surface area contributed by atoms with E-state index in [1.54, 1.807) is 6.26 Å². The molecule has 0 aliphatic rings. The standard InChI is InChI=1S/C16H30O3Si/c1-7-8-9-14(17)15-13(10-11-18-15)12-19-20(5,6)16(2,3)4/h10-11,14,17H,7-9,12H2,1-6H3. The Bertz CT molecular complexity index is 404. The molecule has 1 heterocycles. The lowest BCUT2D eigenvalue weighted by Crippen LogP contribution is -2.40. The molecule has 20 heavy (non-hydrogen) atoms. The number of rotatable bonds is 7. The Hall–Kier alpha value is -0.583. The number of hydrogen-bond donors (Lipinski definition) is 1. The first-order valence-electron chi connectivity index (χ1n) is 7.57. The van der Waals surface area contributed by atoms with E-state index in [2.05, 4.69) is 40.8 Å². The number of hydrogen-bond acceptors (Lipinski definition) is 3. The Morgan fingerprint density at radius 3 is 2.55 bits per heavy atom. The quantitative estimate of drug-likeness (QED) is 0.718. The molecule has 116 valence electrons. The molecule has 0 bridgehead atoms. The van der Waals surface area contributed by atoms with Gasteiger partial charge in [0.2, 0.25) is 0 Å². The molecule has 0 amide bonds. The normalized spacial score (nSPS) is 14.6. The van der Waals surface area contributed by atoms with E-state index in [1.165, 1.54) is 0 Å². The Labute approximate surface area is 124 Å². The van der Waals surface area contributed by atoms with Crippen LogP contribution in [0.5, 0.6) is 0 Å². The Morgan fingerprint density at radius 1 is 1.35 bits per heavy atom. The maximum absolute atomic E-state index is 10.2. The van der Waals surface area contributed by atoms with Crippen LogP contribution < -0.4 is 0 Å². The summed E-state index contributed by atoms with van der Waals surface area (Å²) in [7, 11) is -1.77. The van der Waals surface area contributed by atoms with Crippen molar-refractivity contribution in [2.75, 3.05) is 0 Å². The molecule has 0 saturated heterocycles. The van der Waals surface area contributed by atoms with Crippen molar-refractivity contribution in [1.29, 1.82) is 0 Å². The van der Waals surface area contributed by atoms with Crippen LogP contribution in [0.15, 0.2) is 16.7 Å². The third-order valence-corrected chi connectivity index (χ3v) is 8.79. The number of furan rings is 1. The minimum absolute atomic E-state index is 0.192.